The molecular formula is C39H67B6N22O21P2-3. The molecular weight excluding hydrogens is 1240 g/mol. The molecule has 90 heavy (non-hydrogen) atoms. The molecule has 18 heterocycles. The first-order valence-corrected chi connectivity index (χ1v) is 32.9. The van der Waals surface area contributed by atoms with Crippen LogP contribution >= 0.6 is 15.4 Å². The fraction of sp³-hybridized carbons (Fsp3) is 0.974. The summed E-state index contributed by atoms with van der Waals surface area (Å²) in [6.45, 7) is -0.995. The molecule has 0 aliphatic carbocycles. The van der Waals surface area contributed by atoms with E-state index in [0.29, 0.717) is 26.7 Å². The van der Waals surface area contributed by atoms with Crippen LogP contribution in [-0.2, 0) is 51.5 Å². The lowest BCUT2D eigenvalue weighted by molar-refractivity contribution is -0.650. The zero-order valence-electron chi connectivity index (χ0n) is 48.6. The first-order valence-electron chi connectivity index (χ1n) is 29.6. The van der Waals surface area contributed by atoms with Crippen LogP contribution in [-0.4, -0.2) is 416 Å². The van der Waals surface area contributed by atoms with Crippen LogP contribution in [0.4, 0.5) is 0 Å². The fourth-order valence-corrected chi connectivity index (χ4v) is 16.8. The van der Waals surface area contributed by atoms with Crippen LogP contribution in [0.3, 0.4) is 0 Å². The van der Waals surface area contributed by atoms with Crippen molar-refractivity contribution in [1.29, 1.82) is 0 Å². The highest BCUT2D eigenvalue weighted by Crippen LogP contribution is 2.49. The van der Waals surface area contributed by atoms with E-state index in [1.165, 1.54) is 0 Å². The minimum atomic E-state index is -5.34. The third kappa shape index (κ3) is 9.36. The normalized spacial score (nSPS) is 50.6. The number of hydrazine groups is 18. The van der Waals surface area contributed by atoms with E-state index in [2.05, 4.69) is 48.0 Å². The number of aliphatic hydroxyl groups excluding tert-OH is 6. The first-order chi connectivity index (χ1) is 42.8. The Morgan fingerprint density at radius 1 is 0.544 bits per heavy atom. The molecule has 11 N–H and O–H groups in total. The van der Waals surface area contributed by atoms with Crippen LogP contribution in [0, 0.1) is 0 Å². The predicted octanol–water partition coefficient (Wildman–Crippen LogP) is -17.7. The largest absolute Gasteiger partial charge is 0.790 e. The van der Waals surface area contributed by atoms with E-state index in [-0.39, 0.29) is 25.9 Å². The van der Waals surface area contributed by atoms with E-state index >= 15 is 0 Å². The molecule has 490 valence electrons. The van der Waals surface area contributed by atoms with Crippen LogP contribution in [0.1, 0.15) is 0 Å². The quantitative estimate of drug-likeness (QED) is 0.0794. The van der Waals surface area contributed by atoms with Crippen LogP contribution in [0.15, 0.2) is 0 Å². The predicted molar refractivity (Wildman–Crippen MR) is 289 cm³/mol. The van der Waals surface area contributed by atoms with Gasteiger partial charge in [0.2, 0.25) is 14.8 Å². The molecule has 18 aliphatic rings. The van der Waals surface area contributed by atoms with Crippen molar-refractivity contribution >= 4 is 65.2 Å². The molecule has 6 radical (unpaired) electrons. The molecule has 8 bridgehead atoms. The van der Waals surface area contributed by atoms with Crippen molar-refractivity contribution in [3.8, 4) is 0 Å². The second-order valence-corrected chi connectivity index (χ2v) is 28.1. The number of fused-ring (bicyclic) bond motifs is 26. The molecule has 18 rings (SSSR count). The van der Waals surface area contributed by atoms with Gasteiger partial charge in [-0.25, -0.2) is 30.1 Å². The number of phosphoric acid groups is 1. The fourth-order valence-electron chi connectivity index (χ4n) is 16.1. The third-order valence-corrected chi connectivity index (χ3v) is 21.9. The van der Waals surface area contributed by atoms with E-state index in [1.807, 2.05) is 88.6 Å². The summed E-state index contributed by atoms with van der Waals surface area (Å²) in [6, 6.07) is -4.60. The number of nitrogens with one attached hydrogen (secondary N) is 4. The maximum Gasteiger partial charge on any atom is 0.249 e. The number of hydrogen-bond acceptors (Lipinski definition) is 43. The summed E-state index contributed by atoms with van der Waals surface area (Å²) >= 11 is 0. The Morgan fingerprint density at radius 2 is 0.989 bits per heavy atom. The van der Waals surface area contributed by atoms with Gasteiger partial charge in [-0.15, -0.1) is 42.6 Å². The zero-order chi connectivity index (χ0) is 62.5. The number of hydrogen-bond donors (Lipinski definition) is 11. The van der Waals surface area contributed by atoms with E-state index in [4.69, 9.17) is 57.9 Å². The average Bonchev–Trinajstić information content (AvgIpc) is 0.858. The lowest BCUT2D eigenvalue weighted by atomic mass is 9.23. The van der Waals surface area contributed by atoms with Gasteiger partial charge in [0.05, 0.1) is 77.0 Å². The Balaban J connectivity index is 0.000000139. The van der Waals surface area contributed by atoms with Gasteiger partial charge in [0, 0.05) is 51.2 Å². The molecule has 22 unspecified atom stereocenters. The molecule has 0 amide bonds. The molecule has 0 aromatic heterocycles. The molecule has 18 fully saturated rings. The minimum Gasteiger partial charge on any atom is -0.790 e. The molecule has 0 aromatic rings. The van der Waals surface area contributed by atoms with Gasteiger partial charge in [-0.3, -0.25) is 0 Å². The second kappa shape index (κ2) is 22.4. The van der Waals surface area contributed by atoms with Crippen molar-refractivity contribution in [3.05, 3.63) is 0 Å². The third-order valence-electron chi connectivity index (χ3n) is 20.9. The number of ether oxygens (including phenoxy) is 8. The zero-order valence-corrected chi connectivity index (χ0v) is 50.4. The van der Waals surface area contributed by atoms with Crippen LogP contribution < -0.4 is 36.8 Å². The number of phosphoric ester groups is 1. The van der Waals surface area contributed by atoms with Gasteiger partial charge in [0.25, 0.3) is 0 Å². The van der Waals surface area contributed by atoms with Crippen molar-refractivity contribution < 1.29 is 102 Å². The Morgan fingerprint density at radius 3 is 1.50 bits per heavy atom. The van der Waals surface area contributed by atoms with Crippen molar-refractivity contribution in [2.75, 3.05) is 81.3 Å². The molecule has 18 saturated heterocycles. The summed E-state index contributed by atoms with van der Waals surface area (Å²) in [4.78, 5) is 48.1. The van der Waals surface area contributed by atoms with Gasteiger partial charge in [-0.05, 0) is 32.8 Å². The highest BCUT2D eigenvalue weighted by atomic mass is 31.2. The van der Waals surface area contributed by atoms with Crippen LogP contribution in [0.5, 0.6) is 0 Å². The van der Waals surface area contributed by atoms with E-state index in [0.717, 1.165) is 0 Å². The highest BCUT2D eigenvalue weighted by Gasteiger charge is 2.71. The number of aliphatic hydroxyl groups is 6. The Labute approximate surface area is 518 Å². The first kappa shape index (κ1) is 62.7. The van der Waals surface area contributed by atoms with Gasteiger partial charge in [-0.1, -0.05) is 6.30 Å². The van der Waals surface area contributed by atoms with Crippen molar-refractivity contribution in [2.45, 2.75) is 158 Å². The monoisotopic (exact) mass is 1310 g/mol. The Hall–Kier alpha value is -0.760. The number of nitrogens with zero attached hydrogens (tertiary/aromatic N) is 18. The van der Waals surface area contributed by atoms with Crippen LogP contribution in [0.2, 0.25) is 0 Å². The molecule has 27 atom stereocenters. The van der Waals surface area contributed by atoms with E-state index < -0.39 is 188 Å². The summed E-state index contributed by atoms with van der Waals surface area (Å²) in [5, 5.41) is 97.4. The van der Waals surface area contributed by atoms with Gasteiger partial charge in [0.15, 0.2) is 25.7 Å². The molecule has 43 nitrogen and oxygen atoms in total. The molecule has 0 spiro atoms. The molecule has 0 saturated carbocycles. The molecule has 51 heteroatoms. The van der Waals surface area contributed by atoms with Crippen molar-refractivity contribution in [1.82, 2.24) is 113 Å². The molecule has 0 aromatic carbocycles. The number of rotatable bonds is 8. The maximum absolute atomic E-state index is 11.8. The maximum atomic E-state index is 11.8. The van der Waals surface area contributed by atoms with E-state index in [1.54, 1.807) is 30.5 Å². The van der Waals surface area contributed by atoms with Gasteiger partial charge >= 0.3 is 0 Å². The van der Waals surface area contributed by atoms with Crippen molar-refractivity contribution in [2.24, 2.45) is 0 Å². The number of likely N-dealkylation sites (N-methyl/N-ethyl adjacent to an activating group) is 4. The summed E-state index contributed by atoms with van der Waals surface area (Å²) in [6.07, 6.45) is -12.6. The minimum absolute atomic E-state index is 0.0524. The summed E-state index contributed by atoms with van der Waals surface area (Å²) in [7, 11) is 15.8. The second-order valence-electron chi connectivity index (χ2n) is 25.5. The van der Waals surface area contributed by atoms with Gasteiger partial charge in [-0.2, -0.15) is 10.0 Å². The van der Waals surface area contributed by atoms with Crippen LogP contribution in [0.25, 0.3) is 0 Å². The Bertz CT molecular complexity index is 2880. The Kier molecular flexibility index (Phi) is 15.6. The lowest BCUT2D eigenvalue weighted by Crippen LogP contribution is -3.00. The molecule has 18 aliphatic heterocycles. The topological polar surface area (TPSA) is 427 Å². The highest BCUT2D eigenvalue weighted by molar-refractivity contribution is 7.56. The van der Waals surface area contributed by atoms with E-state index in [9.17, 15) is 54.8 Å². The van der Waals surface area contributed by atoms with Crippen molar-refractivity contribution in [3.63, 3.8) is 0 Å². The standard InChI is InChI=1S/C20H35B3N11O10P.C19H34B3N11O11P/c1-26-10-16(23(21)17-13(37)14(44-19(10)27(26)2)9(43-17)5-41-45(3,38)39)32-18-20(40-4-8-11(35)12(36)15(22-32)42-8)29-7-31-30(6-28(18)29)33-24-25-34(31)33;1-25-17-19(26(25)2)40-3-7-10(34)11(35)14(42-7)21-31(17)15-9-18(28-6-30-29(5-27(9)28)32-23-24-33(30)32)44-13-8(4-41-45(37,38)39)43-16(12(13)36)22(15)20/h8-20,24-25,35-37H,3-7H2,1-2H3,(H-,38,39);7-19,23-24,34-36H,3-6H2,1-2H3,(H2,37,38,39)/q-1;/p-2/t8?,9?,10-,11?,12?,13?,14?,15?,16-,17?,18+,19?,20?;7?,8?,9?,10?,11?,12?,13?,14?,15-,16?,17?,18?,19-/m01/s1. The summed E-state index contributed by atoms with van der Waals surface area (Å²) in [5.41, 5.74) is 11.9. The summed E-state index contributed by atoms with van der Waals surface area (Å²) in [5.74, 6) is -1.29. The average molecular weight is 1310 g/mol. The van der Waals surface area contributed by atoms with Gasteiger partial charge in [0.1, 0.15) is 118 Å². The smallest absolute Gasteiger partial charge is 0.249 e. The lowest BCUT2D eigenvalue weighted by Gasteiger charge is -2.74. The summed E-state index contributed by atoms with van der Waals surface area (Å²) < 4.78 is 71.3. The SMILES string of the molecule is [B]B1C2OC(COP(=C)([O-])O)C(OC3[C@H]([C@@H]1N1[B]C4OC(COC5[C@@H]1N1CN6N(CN51)N1NNN61)C(O)C4O)N(C)N3C)C2O.[B]B1C2OC(COP(=O)([O-])[O-])C(OC3C([C@H]1N1[B]C4OC(CO[C@@H]5C1N(C)N5C)C(O)C4O)N1CN4N(CN31)N1NNN41)C2O. The van der Waals surface area contributed by atoms with Gasteiger partial charge < -0.3 is 111 Å².